The third kappa shape index (κ3) is 2.74. The fourth-order valence-electron chi connectivity index (χ4n) is 2.76. The Morgan fingerprint density at radius 2 is 1.85 bits per heavy atom. The highest BCUT2D eigenvalue weighted by Crippen LogP contribution is 2.23. The molecule has 0 saturated heterocycles. The van der Waals surface area contributed by atoms with Gasteiger partial charge >= 0.3 is 0 Å². The van der Waals surface area contributed by atoms with Crippen molar-refractivity contribution in [2.45, 2.75) is 38.1 Å². The average molecular weight is 269 g/mol. The quantitative estimate of drug-likeness (QED) is 0.871. The molecule has 1 N–H and O–H groups in total. The maximum atomic E-state index is 7.87. The molecule has 0 atom stereocenters. The highest BCUT2D eigenvalue weighted by Gasteiger charge is 2.23. The van der Waals surface area contributed by atoms with Gasteiger partial charge in [-0.3, -0.25) is 10.7 Å². The standard InChI is InChI=1S/C16H19N3O/c17-16-15(12-11-13-7-3-1-4-8-13)19(18-20-16)14-9-5-2-6-10-14/h1,3-4,7-8,11-12,14,17H,2,5-6,9-10H2/b12-11+,17-16?. The molecule has 0 spiro atoms. The predicted molar refractivity (Wildman–Crippen MR) is 75.6 cm³/mol. The molecule has 3 rings (SSSR count). The van der Waals surface area contributed by atoms with Crippen LogP contribution in [-0.2, 0) is 0 Å². The molecule has 4 nitrogen and oxygen atoms in total. The van der Waals surface area contributed by atoms with Gasteiger partial charge in [0.1, 0.15) is 0 Å². The highest BCUT2D eigenvalue weighted by atomic mass is 16.5. The van der Waals surface area contributed by atoms with Crippen LogP contribution in [0.15, 0.2) is 34.9 Å². The summed E-state index contributed by atoms with van der Waals surface area (Å²) in [7, 11) is 0. The fourth-order valence-corrected chi connectivity index (χ4v) is 2.76. The van der Waals surface area contributed by atoms with E-state index in [-0.39, 0.29) is 5.55 Å². The van der Waals surface area contributed by atoms with Gasteiger partial charge in [0.15, 0.2) is 6.04 Å². The summed E-state index contributed by atoms with van der Waals surface area (Å²) in [4.78, 5) is 0. The Balaban J connectivity index is 1.87. The zero-order valence-corrected chi connectivity index (χ0v) is 11.5. The summed E-state index contributed by atoms with van der Waals surface area (Å²) in [5.41, 5.74) is 2.02. The maximum Gasteiger partial charge on any atom is 0.273 e. The van der Waals surface area contributed by atoms with E-state index in [0.717, 1.165) is 24.1 Å². The second-order valence-electron chi connectivity index (χ2n) is 5.27. The van der Waals surface area contributed by atoms with E-state index in [1.165, 1.54) is 19.3 Å². The van der Waals surface area contributed by atoms with Crippen LogP contribution in [0, 0.1) is 5.41 Å². The van der Waals surface area contributed by atoms with Crippen molar-refractivity contribution in [3.63, 3.8) is 0 Å². The molecule has 0 aliphatic heterocycles. The van der Waals surface area contributed by atoms with Gasteiger partial charge in [0.2, 0.25) is 0 Å². The highest BCUT2D eigenvalue weighted by molar-refractivity contribution is 5.66. The number of nitrogens with zero attached hydrogens (tertiary/aromatic N) is 2. The van der Waals surface area contributed by atoms with Gasteiger partial charge in [-0.2, -0.15) is 0 Å². The van der Waals surface area contributed by atoms with E-state index in [0.29, 0.717) is 6.04 Å². The Bertz CT molecular complexity index is 633. The van der Waals surface area contributed by atoms with Gasteiger partial charge in [0.25, 0.3) is 11.2 Å². The van der Waals surface area contributed by atoms with Crippen molar-refractivity contribution in [2.24, 2.45) is 0 Å². The molecular formula is C16H19N3O. The minimum Gasteiger partial charge on any atom is -0.487 e. The minimum atomic E-state index is 0.141. The Hall–Kier alpha value is -2.10. The molecule has 1 aromatic heterocycles. The number of rotatable bonds is 3. The van der Waals surface area contributed by atoms with Gasteiger partial charge in [0.05, 0.1) is 0 Å². The van der Waals surface area contributed by atoms with Crippen LogP contribution in [0.4, 0.5) is 0 Å². The molecule has 0 radical (unpaired) electrons. The van der Waals surface area contributed by atoms with Crippen molar-refractivity contribution in [1.82, 2.24) is 5.27 Å². The van der Waals surface area contributed by atoms with Gasteiger partial charge < -0.3 is 4.52 Å². The number of hydrogen-bond acceptors (Lipinski definition) is 2. The predicted octanol–water partition coefficient (Wildman–Crippen LogP) is 2.68. The number of benzene rings is 1. The second-order valence-corrected chi connectivity index (χ2v) is 5.27. The van der Waals surface area contributed by atoms with E-state index < -0.39 is 0 Å². The SMILES string of the molecule is N=c1o[n-][n+](C2CCCCC2)c1/C=C/c1ccccc1. The molecule has 1 aliphatic carbocycles. The molecule has 1 fully saturated rings. The Labute approximate surface area is 118 Å². The Morgan fingerprint density at radius 1 is 1.10 bits per heavy atom. The molecule has 0 amide bonds. The van der Waals surface area contributed by atoms with Crippen molar-refractivity contribution in [3.8, 4) is 0 Å². The van der Waals surface area contributed by atoms with Crippen molar-refractivity contribution in [3.05, 3.63) is 47.1 Å². The number of hydrogen-bond donors (Lipinski definition) is 1. The normalized spacial score (nSPS) is 16.8. The fraction of sp³-hybridized carbons (Fsp3) is 0.375. The van der Waals surface area contributed by atoms with E-state index in [9.17, 15) is 0 Å². The lowest BCUT2D eigenvalue weighted by molar-refractivity contribution is -0.793. The monoisotopic (exact) mass is 269 g/mol. The molecule has 1 aromatic carbocycles. The first-order valence-corrected chi connectivity index (χ1v) is 7.21. The van der Waals surface area contributed by atoms with Crippen molar-refractivity contribution in [1.29, 1.82) is 5.41 Å². The van der Waals surface area contributed by atoms with Gasteiger partial charge in [0, 0.05) is 18.9 Å². The molecule has 1 heterocycles. The van der Waals surface area contributed by atoms with Gasteiger partial charge in [-0.25, -0.2) is 4.68 Å². The summed E-state index contributed by atoms with van der Waals surface area (Å²) in [6.07, 6.45) is 9.97. The van der Waals surface area contributed by atoms with E-state index in [1.807, 2.05) is 47.2 Å². The van der Waals surface area contributed by atoms with Crippen LogP contribution in [0.2, 0.25) is 0 Å². The zero-order chi connectivity index (χ0) is 13.8. The zero-order valence-electron chi connectivity index (χ0n) is 11.5. The first-order valence-electron chi connectivity index (χ1n) is 7.21. The van der Waals surface area contributed by atoms with E-state index in [1.54, 1.807) is 0 Å². The van der Waals surface area contributed by atoms with Crippen LogP contribution in [-0.4, -0.2) is 0 Å². The molecule has 20 heavy (non-hydrogen) atoms. The number of nitrogens with one attached hydrogen (secondary N) is 1. The smallest absolute Gasteiger partial charge is 0.273 e. The molecule has 1 saturated carbocycles. The van der Waals surface area contributed by atoms with Crippen LogP contribution in [0.25, 0.3) is 12.2 Å². The summed E-state index contributed by atoms with van der Waals surface area (Å²) < 4.78 is 6.96. The summed E-state index contributed by atoms with van der Waals surface area (Å²) >= 11 is 0. The molecule has 0 unspecified atom stereocenters. The summed E-state index contributed by atoms with van der Waals surface area (Å²) in [5, 5.41) is 11.9. The first-order chi connectivity index (χ1) is 9.84. The van der Waals surface area contributed by atoms with Crippen LogP contribution in [0.5, 0.6) is 0 Å². The van der Waals surface area contributed by atoms with Crippen LogP contribution in [0.3, 0.4) is 0 Å². The summed E-state index contributed by atoms with van der Waals surface area (Å²) in [6.45, 7) is 0. The maximum absolute atomic E-state index is 7.87. The molecule has 1 aliphatic rings. The number of aromatic nitrogens is 2. The third-order valence-electron chi connectivity index (χ3n) is 3.85. The largest absolute Gasteiger partial charge is 0.487 e. The lowest BCUT2D eigenvalue weighted by atomic mass is 9.95. The third-order valence-corrected chi connectivity index (χ3v) is 3.85. The molecule has 104 valence electrons. The van der Waals surface area contributed by atoms with E-state index >= 15 is 0 Å². The van der Waals surface area contributed by atoms with Crippen molar-refractivity contribution >= 4 is 12.2 Å². The van der Waals surface area contributed by atoms with Crippen molar-refractivity contribution < 1.29 is 9.20 Å². The Morgan fingerprint density at radius 3 is 2.60 bits per heavy atom. The topological polar surface area (TPSA) is 55.0 Å². The van der Waals surface area contributed by atoms with Gasteiger partial charge in [-0.15, -0.1) is 0 Å². The first kappa shape index (κ1) is 12.9. The van der Waals surface area contributed by atoms with Gasteiger partial charge in [-0.1, -0.05) is 36.8 Å². The molecule has 4 heteroatoms. The Kier molecular flexibility index (Phi) is 3.81. The van der Waals surface area contributed by atoms with Gasteiger partial charge in [-0.05, 0) is 24.5 Å². The van der Waals surface area contributed by atoms with Crippen LogP contribution in [0.1, 0.15) is 49.4 Å². The summed E-state index contributed by atoms with van der Waals surface area (Å²) in [6, 6.07) is 10.5. The van der Waals surface area contributed by atoms with E-state index in [4.69, 9.17) is 9.93 Å². The second kappa shape index (κ2) is 5.90. The molecule has 2 aromatic rings. The molecule has 0 bridgehead atoms. The van der Waals surface area contributed by atoms with E-state index in [2.05, 4.69) is 5.27 Å². The minimum absolute atomic E-state index is 0.141. The van der Waals surface area contributed by atoms with Crippen LogP contribution < -0.4 is 15.5 Å². The average Bonchev–Trinajstić information content (AvgIpc) is 2.88. The van der Waals surface area contributed by atoms with Crippen molar-refractivity contribution in [2.75, 3.05) is 0 Å². The lowest BCUT2D eigenvalue weighted by Gasteiger charge is -2.18. The summed E-state index contributed by atoms with van der Waals surface area (Å²) in [5.74, 6) is 0. The lowest BCUT2D eigenvalue weighted by Crippen LogP contribution is -2.46. The molecular weight excluding hydrogens is 250 g/mol. The van der Waals surface area contributed by atoms with Crippen LogP contribution >= 0.6 is 0 Å².